The van der Waals surface area contributed by atoms with Crippen LogP contribution in [0.3, 0.4) is 0 Å². The lowest BCUT2D eigenvalue weighted by molar-refractivity contribution is 0.192. The number of anilines is 1. The molecule has 0 spiro atoms. The van der Waals surface area contributed by atoms with Crippen molar-refractivity contribution in [1.29, 1.82) is 0 Å². The summed E-state index contributed by atoms with van der Waals surface area (Å²) >= 11 is 0. The monoisotopic (exact) mass is 365 g/mol. The molecule has 1 aromatic heterocycles. The summed E-state index contributed by atoms with van der Waals surface area (Å²) in [6.45, 7) is 0.494. The number of benzene rings is 2. The number of pyridine rings is 1. The van der Waals surface area contributed by atoms with Gasteiger partial charge in [-0.2, -0.15) is 0 Å². The SMILES string of the molecule is O=C(Nc1ccc(F)cc1)N1CCc2cccnc2C1c1ccc(F)cc1. The number of carbonyl (C=O) groups is 1. The van der Waals surface area contributed by atoms with Gasteiger partial charge in [0.15, 0.2) is 0 Å². The summed E-state index contributed by atoms with van der Waals surface area (Å²) in [7, 11) is 0. The van der Waals surface area contributed by atoms with E-state index in [-0.39, 0.29) is 17.7 Å². The van der Waals surface area contributed by atoms with Crippen LogP contribution in [0.4, 0.5) is 19.3 Å². The second kappa shape index (κ2) is 7.15. The van der Waals surface area contributed by atoms with Crippen molar-refractivity contribution < 1.29 is 13.6 Å². The van der Waals surface area contributed by atoms with E-state index in [4.69, 9.17) is 0 Å². The summed E-state index contributed by atoms with van der Waals surface area (Å²) in [4.78, 5) is 19.1. The molecule has 2 heterocycles. The minimum Gasteiger partial charge on any atom is -0.311 e. The molecular weight excluding hydrogens is 348 g/mol. The second-order valence-corrected chi connectivity index (χ2v) is 6.38. The van der Waals surface area contributed by atoms with E-state index in [9.17, 15) is 13.6 Å². The lowest BCUT2D eigenvalue weighted by Gasteiger charge is -2.36. The van der Waals surface area contributed by atoms with Crippen molar-refractivity contribution in [2.75, 3.05) is 11.9 Å². The fourth-order valence-electron chi connectivity index (χ4n) is 3.36. The first-order chi connectivity index (χ1) is 13.1. The number of amides is 2. The predicted molar refractivity (Wildman–Crippen MR) is 98.3 cm³/mol. The number of rotatable bonds is 2. The van der Waals surface area contributed by atoms with Gasteiger partial charge < -0.3 is 10.2 Å². The first kappa shape index (κ1) is 17.1. The first-order valence-electron chi connectivity index (χ1n) is 8.64. The Morgan fingerprint density at radius 1 is 1.00 bits per heavy atom. The van der Waals surface area contributed by atoms with E-state index < -0.39 is 6.04 Å². The number of urea groups is 1. The number of hydrogen-bond acceptors (Lipinski definition) is 2. The maximum atomic E-state index is 13.4. The van der Waals surface area contributed by atoms with Gasteiger partial charge in [0.2, 0.25) is 0 Å². The van der Waals surface area contributed by atoms with Gasteiger partial charge in [0.05, 0.1) is 5.69 Å². The zero-order valence-electron chi connectivity index (χ0n) is 14.4. The fourth-order valence-corrected chi connectivity index (χ4v) is 3.36. The topological polar surface area (TPSA) is 45.2 Å². The molecule has 3 aromatic rings. The van der Waals surface area contributed by atoms with E-state index in [1.165, 1.54) is 36.4 Å². The lowest BCUT2D eigenvalue weighted by atomic mass is 9.92. The maximum absolute atomic E-state index is 13.4. The number of fused-ring (bicyclic) bond motifs is 1. The molecule has 4 nitrogen and oxygen atoms in total. The Morgan fingerprint density at radius 2 is 1.67 bits per heavy atom. The smallest absolute Gasteiger partial charge is 0.311 e. The standard InChI is InChI=1S/C21H17F2N3O/c22-16-5-3-15(4-6-16)20-19-14(2-1-12-24-19)11-13-26(20)21(27)25-18-9-7-17(23)8-10-18/h1-10,12,20H,11,13H2,(H,25,27). The molecule has 0 fully saturated rings. The van der Waals surface area contributed by atoms with Gasteiger partial charge in [-0.15, -0.1) is 0 Å². The number of nitrogens with one attached hydrogen (secondary N) is 1. The molecule has 2 amide bonds. The average molecular weight is 365 g/mol. The van der Waals surface area contributed by atoms with Gasteiger partial charge in [0.1, 0.15) is 17.7 Å². The third kappa shape index (κ3) is 3.51. The van der Waals surface area contributed by atoms with E-state index >= 15 is 0 Å². The van der Waals surface area contributed by atoms with Gasteiger partial charge in [0.25, 0.3) is 0 Å². The molecule has 1 N–H and O–H groups in total. The van der Waals surface area contributed by atoms with E-state index in [2.05, 4.69) is 10.3 Å². The van der Waals surface area contributed by atoms with Gasteiger partial charge in [0, 0.05) is 18.4 Å². The highest BCUT2D eigenvalue weighted by atomic mass is 19.1. The quantitative estimate of drug-likeness (QED) is 0.725. The van der Waals surface area contributed by atoms with Gasteiger partial charge in [-0.25, -0.2) is 13.6 Å². The minimum absolute atomic E-state index is 0.313. The van der Waals surface area contributed by atoms with Crippen LogP contribution in [0.2, 0.25) is 0 Å². The summed E-state index contributed by atoms with van der Waals surface area (Å²) in [6, 6.07) is 14.8. The van der Waals surface area contributed by atoms with Crippen molar-refractivity contribution in [3.63, 3.8) is 0 Å². The number of nitrogens with zero attached hydrogens (tertiary/aromatic N) is 2. The molecule has 1 aliphatic heterocycles. The molecule has 27 heavy (non-hydrogen) atoms. The normalized spacial score (nSPS) is 15.9. The summed E-state index contributed by atoms with van der Waals surface area (Å²) in [6.07, 6.45) is 2.37. The second-order valence-electron chi connectivity index (χ2n) is 6.38. The van der Waals surface area contributed by atoms with Gasteiger partial charge in [-0.05, 0) is 60.0 Å². The van der Waals surface area contributed by atoms with Crippen LogP contribution in [-0.4, -0.2) is 22.5 Å². The summed E-state index contributed by atoms with van der Waals surface area (Å²) in [5, 5.41) is 2.80. The van der Waals surface area contributed by atoms with Gasteiger partial charge in [-0.1, -0.05) is 18.2 Å². The number of aromatic nitrogens is 1. The van der Waals surface area contributed by atoms with Crippen LogP contribution < -0.4 is 5.32 Å². The van der Waals surface area contributed by atoms with Crippen molar-refractivity contribution >= 4 is 11.7 Å². The van der Waals surface area contributed by atoms with Crippen LogP contribution in [0.25, 0.3) is 0 Å². The molecule has 4 rings (SSSR count). The number of halogens is 2. The van der Waals surface area contributed by atoms with Crippen LogP contribution in [-0.2, 0) is 6.42 Å². The number of carbonyl (C=O) groups excluding carboxylic acids is 1. The largest absolute Gasteiger partial charge is 0.322 e. The highest BCUT2D eigenvalue weighted by Crippen LogP contribution is 2.34. The van der Waals surface area contributed by atoms with Gasteiger partial charge >= 0.3 is 6.03 Å². The minimum atomic E-state index is -0.420. The highest BCUT2D eigenvalue weighted by molar-refractivity contribution is 5.90. The Hall–Kier alpha value is -3.28. The van der Waals surface area contributed by atoms with E-state index in [1.807, 2.05) is 12.1 Å². The third-order valence-corrected chi connectivity index (χ3v) is 4.66. The molecule has 136 valence electrons. The fraction of sp³-hybridized carbons (Fsp3) is 0.143. The summed E-state index contributed by atoms with van der Waals surface area (Å²) in [5.74, 6) is -0.702. The molecule has 0 saturated heterocycles. The average Bonchev–Trinajstić information content (AvgIpc) is 2.69. The zero-order chi connectivity index (χ0) is 18.8. The lowest BCUT2D eigenvalue weighted by Crippen LogP contribution is -2.43. The third-order valence-electron chi connectivity index (χ3n) is 4.66. The molecule has 0 radical (unpaired) electrons. The van der Waals surface area contributed by atoms with E-state index in [0.29, 0.717) is 18.7 Å². The number of hydrogen-bond donors (Lipinski definition) is 1. The van der Waals surface area contributed by atoms with Crippen molar-refractivity contribution in [3.05, 3.63) is 95.3 Å². The summed E-state index contributed by atoms with van der Waals surface area (Å²) < 4.78 is 26.5. The molecule has 1 atom stereocenters. The maximum Gasteiger partial charge on any atom is 0.322 e. The Labute approximate surface area is 155 Å². The Morgan fingerprint density at radius 3 is 2.37 bits per heavy atom. The Bertz CT molecular complexity index is 958. The molecule has 1 aliphatic rings. The molecule has 0 aliphatic carbocycles. The van der Waals surface area contributed by atoms with Crippen molar-refractivity contribution in [2.45, 2.75) is 12.5 Å². The molecular formula is C21H17F2N3O. The van der Waals surface area contributed by atoms with Crippen LogP contribution in [0.5, 0.6) is 0 Å². The predicted octanol–water partition coefficient (Wildman–Crippen LogP) is 4.54. The van der Waals surface area contributed by atoms with E-state index in [1.54, 1.807) is 23.2 Å². The van der Waals surface area contributed by atoms with Gasteiger partial charge in [-0.3, -0.25) is 4.98 Å². The van der Waals surface area contributed by atoms with Crippen LogP contribution in [0.15, 0.2) is 66.9 Å². The molecule has 2 aromatic carbocycles. The first-order valence-corrected chi connectivity index (χ1v) is 8.64. The highest BCUT2D eigenvalue weighted by Gasteiger charge is 2.33. The van der Waals surface area contributed by atoms with Crippen molar-refractivity contribution in [3.8, 4) is 0 Å². The molecule has 0 bridgehead atoms. The van der Waals surface area contributed by atoms with Crippen molar-refractivity contribution in [1.82, 2.24) is 9.88 Å². The van der Waals surface area contributed by atoms with Crippen LogP contribution in [0, 0.1) is 11.6 Å². The Balaban J connectivity index is 1.68. The molecule has 6 heteroatoms. The van der Waals surface area contributed by atoms with Crippen molar-refractivity contribution in [2.24, 2.45) is 0 Å². The summed E-state index contributed by atoms with van der Waals surface area (Å²) in [5.41, 5.74) is 3.14. The van der Waals surface area contributed by atoms with Crippen LogP contribution in [0.1, 0.15) is 22.9 Å². The molecule has 1 unspecified atom stereocenters. The van der Waals surface area contributed by atoms with E-state index in [0.717, 1.165) is 16.8 Å². The molecule has 0 saturated carbocycles. The van der Waals surface area contributed by atoms with Crippen LogP contribution >= 0.6 is 0 Å². The Kier molecular flexibility index (Phi) is 4.54. The zero-order valence-corrected chi connectivity index (χ0v) is 14.4.